The maximum absolute atomic E-state index is 13.3. The first-order valence-corrected chi connectivity index (χ1v) is 12.7. The lowest BCUT2D eigenvalue weighted by atomic mass is 10.0. The molecule has 1 N–H and O–H groups in total. The number of nitrogens with one attached hydrogen (secondary N) is 1. The number of halogens is 4. The number of nitrogens with zero attached hydrogens (tertiary/aromatic N) is 2. The summed E-state index contributed by atoms with van der Waals surface area (Å²) in [6.07, 6.45) is -5.23. The van der Waals surface area contributed by atoms with Crippen LogP contribution in [-0.2, 0) is 10.0 Å². The van der Waals surface area contributed by atoms with Gasteiger partial charge in [0.05, 0.1) is 35.6 Å². The molecule has 1 aromatic heterocycles. The minimum Gasteiger partial charge on any atom is -0.484 e. The van der Waals surface area contributed by atoms with Gasteiger partial charge in [0.2, 0.25) is 10.0 Å². The molecule has 36 heavy (non-hydrogen) atoms. The van der Waals surface area contributed by atoms with E-state index in [4.69, 9.17) is 4.74 Å². The fourth-order valence-electron chi connectivity index (χ4n) is 3.77. The predicted octanol–water partition coefficient (Wildman–Crippen LogP) is 5.55. The summed E-state index contributed by atoms with van der Waals surface area (Å²) in [6, 6.07) is 19.0. The molecule has 2 unspecified atom stereocenters. The summed E-state index contributed by atoms with van der Waals surface area (Å²) >= 11 is 0. The maximum Gasteiger partial charge on any atom is 0.390 e. The van der Waals surface area contributed by atoms with E-state index < -0.39 is 40.5 Å². The average molecular weight is 522 g/mol. The number of hydrogen-bond acceptors (Lipinski definition) is 4. The van der Waals surface area contributed by atoms with Crippen LogP contribution >= 0.6 is 0 Å². The van der Waals surface area contributed by atoms with Gasteiger partial charge in [-0.25, -0.2) is 22.2 Å². The molecule has 0 radical (unpaired) electrons. The lowest BCUT2D eigenvalue weighted by Crippen LogP contribution is -2.40. The summed E-state index contributed by atoms with van der Waals surface area (Å²) < 4.78 is 85.7. The topological polar surface area (TPSA) is 73.2 Å². The van der Waals surface area contributed by atoms with Crippen molar-refractivity contribution in [2.75, 3.05) is 5.75 Å². The zero-order valence-electron chi connectivity index (χ0n) is 19.1. The van der Waals surface area contributed by atoms with Gasteiger partial charge in [-0.05, 0) is 55.0 Å². The van der Waals surface area contributed by atoms with Crippen LogP contribution in [0.25, 0.3) is 16.6 Å². The molecule has 4 aromatic rings. The summed E-state index contributed by atoms with van der Waals surface area (Å²) in [6.45, 7) is 1.54. The number of ether oxygens (including phenoxy) is 1. The SMILES string of the molecule is CC(NS(=O)(=O)CCC(F)(F)F)C(Oc1ccc2c(cnn2-c2ccc(F)cc2)c1)c1ccccc1. The molecule has 1 heterocycles. The van der Waals surface area contributed by atoms with Crippen LogP contribution in [0.3, 0.4) is 0 Å². The van der Waals surface area contributed by atoms with Crippen LogP contribution in [0.1, 0.15) is 25.0 Å². The number of fused-ring (bicyclic) bond motifs is 1. The Labute approximate surface area is 205 Å². The standard InChI is InChI=1S/C25H23F4N3O3S/c1-17(31-36(33,34)14-13-25(27,28)29)24(18-5-3-2-4-6-18)35-22-11-12-23-19(15-22)16-30-32(23)21-9-7-20(26)8-10-21/h2-12,15-17,24,31H,13-14H2,1H3. The minimum absolute atomic E-state index is 0.360. The Kier molecular flexibility index (Phi) is 7.32. The molecular formula is C25H23F4N3O3S. The van der Waals surface area contributed by atoms with E-state index in [2.05, 4.69) is 9.82 Å². The Balaban J connectivity index is 1.58. The predicted molar refractivity (Wildman–Crippen MR) is 128 cm³/mol. The van der Waals surface area contributed by atoms with Crippen molar-refractivity contribution in [2.45, 2.75) is 31.7 Å². The zero-order valence-corrected chi connectivity index (χ0v) is 19.9. The van der Waals surface area contributed by atoms with Gasteiger partial charge in [-0.3, -0.25) is 0 Å². The highest BCUT2D eigenvalue weighted by Crippen LogP contribution is 2.29. The highest BCUT2D eigenvalue weighted by Gasteiger charge is 2.32. The first-order valence-electron chi connectivity index (χ1n) is 11.0. The highest BCUT2D eigenvalue weighted by molar-refractivity contribution is 7.89. The molecule has 0 aliphatic carbocycles. The van der Waals surface area contributed by atoms with Crippen molar-refractivity contribution in [3.63, 3.8) is 0 Å². The number of benzene rings is 3. The third-order valence-corrected chi connectivity index (χ3v) is 6.95. The van der Waals surface area contributed by atoms with Crippen molar-refractivity contribution in [1.82, 2.24) is 14.5 Å². The number of hydrogen-bond donors (Lipinski definition) is 1. The van der Waals surface area contributed by atoms with Gasteiger partial charge in [0.15, 0.2) is 0 Å². The molecule has 0 saturated heterocycles. The van der Waals surface area contributed by atoms with Crippen molar-refractivity contribution < 1.29 is 30.7 Å². The fraction of sp³-hybridized carbons (Fsp3) is 0.240. The molecule has 0 aliphatic heterocycles. The Morgan fingerprint density at radius 2 is 1.72 bits per heavy atom. The molecule has 6 nitrogen and oxygen atoms in total. The van der Waals surface area contributed by atoms with E-state index in [0.29, 0.717) is 17.0 Å². The highest BCUT2D eigenvalue weighted by atomic mass is 32.2. The lowest BCUT2D eigenvalue weighted by Gasteiger charge is -2.26. The van der Waals surface area contributed by atoms with Crippen molar-refractivity contribution >= 4 is 20.9 Å². The largest absolute Gasteiger partial charge is 0.484 e. The molecule has 0 fully saturated rings. The third-order valence-electron chi connectivity index (χ3n) is 5.48. The quantitative estimate of drug-likeness (QED) is 0.294. The summed E-state index contributed by atoms with van der Waals surface area (Å²) in [5, 5.41) is 5.08. The van der Waals surface area contributed by atoms with Gasteiger partial charge in [0, 0.05) is 5.39 Å². The molecule has 190 valence electrons. The number of rotatable bonds is 9. The molecular weight excluding hydrogens is 498 g/mol. The molecule has 0 saturated carbocycles. The Bertz CT molecular complexity index is 1420. The molecule has 0 aliphatic rings. The van der Waals surface area contributed by atoms with E-state index in [9.17, 15) is 26.0 Å². The third kappa shape index (κ3) is 6.41. The van der Waals surface area contributed by atoms with Gasteiger partial charge in [-0.15, -0.1) is 0 Å². The monoisotopic (exact) mass is 521 g/mol. The number of aromatic nitrogens is 2. The molecule has 0 bridgehead atoms. The van der Waals surface area contributed by atoms with E-state index in [0.717, 1.165) is 10.9 Å². The van der Waals surface area contributed by atoms with Gasteiger partial charge in [-0.1, -0.05) is 30.3 Å². The van der Waals surface area contributed by atoms with Crippen molar-refractivity contribution in [1.29, 1.82) is 0 Å². The summed E-state index contributed by atoms with van der Waals surface area (Å²) in [5.74, 6) is -1.02. The van der Waals surface area contributed by atoms with Crippen LogP contribution in [0.2, 0.25) is 0 Å². The van der Waals surface area contributed by atoms with Crippen LogP contribution in [0.5, 0.6) is 5.75 Å². The first-order chi connectivity index (χ1) is 17.0. The van der Waals surface area contributed by atoms with E-state index in [-0.39, 0.29) is 5.82 Å². The summed E-state index contributed by atoms with van der Waals surface area (Å²) in [7, 11) is -4.21. The Morgan fingerprint density at radius 3 is 2.39 bits per heavy atom. The van der Waals surface area contributed by atoms with Crippen LogP contribution < -0.4 is 9.46 Å². The lowest BCUT2D eigenvalue weighted by molar-refractivity contribution is -0.130. The van der Waals surface area contributed by atoms with Gasteiger partial charge in [0.25, 0.3) is 0 Å². The van der Waals surface area contributed by atoms with Crippen molar-refractivity contribution in [3.05, 3.63) is 90.4 Å². The van der Waals surface area contributed by atoms with Crippen molar-refractivity contribution in [3.8, 4) is 11.4 Å². The fourth-order valence-corrected chi connectivity index (χ4v) is 5.08. The number of sulfonamides is 1. The molecule has 0 spiro atoms. The zero-order chi connectivity index (χ0) is 25.9. The second kappa shape index (κ2) is 10.3. The molecule has 11 heteroatoms. The van der Waals surface area contributed by atoms with E-state index in [1.807, 2.05) is 0 Å². The number of alkyl halides is 3. The van der Waals surface area contributed by atoms with E-state index in [1.165, 1.54) is 19.1 Å². The minimum atomic E-state index is -4.58. The van der Waals surface area contributed by atoms with Crippen LogP contribution in [-0.4, -0.2) is 36.2 Å². The first kappa shape index (κ1) is 25.6. The van der Waals surface area contributed by atoms with E-state index >= 15 is 0 Å². The van der Waals surface area contributed by atoms with E-state index in [1.54, 1.807) is 71.5 Å². The maximum atomic E-state index is 13.3. The van der Waals surface area contributed by atoms with Gasteiger partial charge < -0.3 is 4.74 Å². The average Bonchev–Trinajstić information content (AvgIpc) is 3.25. The normalized spacial score (nSPS) is 14.0. The van der Waals surface area contributed by atoms with Crippen LogP contribution in [0.4, 0.5) is 17.6 Å². The smallest absolute Gasteiger partial charge is 0.390 e. The van der Waals surface area contributed by atoms with Crippen LogP contribution in [0.15, 0.2) is 79.0 Å². The van der Waals surface area contributed by atoms with Crippen LogP contribution in [0, 0.1) is 5.82 Å². The summed E-state index contributed by atoms with van der Waals surface area (Å²) in [4.78, 5) is 0. The molecule has 0 amide bonds. The molecule has 2 atom stereocenters. The molecule has 4 rings (SSSR count). The van der Waals surface area contributed by atoms with Gasteiger partial charge >= 0.3 is 6.18 Å². The Hall–Kier alpha value is -3.44. The Morgan fingerprint density at radius 1 is 1.03 bits per heavy atom. The van der Waals surface area contributed by atoms with Gasteiger partial charge in [-0.2, -0.15) is 18.3 Å². The van der Waals surface area contributed by atoms with Gasteiger partial charge in [0.1, 0.15) is 17.7 Å². The second-order valence-electron chi connectivity index (χ2n) is 8.29. The molecule has 3 aromatic carbocycles. The summed E-state index contributed by atoms with van der Waals surface area (Å²) in [5.41, 5.74) is 2.06. The second-order valence-corrected chi connectivity index (χ2v) is 10.2. The van der Waals surface area contributed by atoms with Crippen molar-refractivity contribution in [2.24, 2.45) is 0 Å².